The molecule has 0 aromatic carbocycles. The number of β-amino-alcohol motifs (C(OH)–C–C–N with tert-alkyl or cyclic N) is 1. The number of carbonyl (C=O) groups excluding carboxylic acids is 1. The molecule has 2 aliphatic carbocycles. The van der Waals surface area contributed by atoms with E-state index in [0.717, 1.165) is 81.1 Å². The van der Waals surface area contributed by atoms with E-state index in [1.807, 2.05) is 6.07 Å². The maximum absolute atomic E-state index is 14.5. The third kappa shape index (κ3) is 5.55. The molecule has 2 aromatic rings. The Kier molecular flexibility index (Phi) is 8.84. The first-order valence-corrected chi connectivity index (χ1v) is 16.8. The summed E-state index contributed by atoms with van der Waals surface area (Å²) in [5.74, 6) is 1.46. The van der Waals surface area contributed by atoms with Gasteiger partial charge in [-0.05, 0) is 77.4 Å². The molecule has 0 radical (unpaired) electrons. The van der Waals surface area contributed by atoms with E-state index in [-0.39, 0.29) is 18.5 Å². The number of nitrogens with two attached hydrogens (primary N) is 2. The normalized spacial score (nSPS) is 26.5. The lowest BCUT2D eigenvalue weighted by Crippen LogP contribution is -2.47. The molecule has 4 aliphatic rings. The van der Waals surface area contributed by atoms with Crippen LogP contribution in [0.15, 0.2) is 11.6 Å². The van der Waals surface area contributed by atoms with Gasteiger partial charge < -0.3 is 26.2 Å². The van der Waals surface area contributed by atoms with E-state index in [4.69, 9.17) is 26.2 Å². The van der Waals surface area contributed by atoms with E-state index in [1.54, 1.807) is 0 Å². The number of hydrogen-bond acceptors (Lipinski definition) is 12. The highest BCUT2D eigenvalue weighted by Crippen LogP contribution is 2.52. The summed E-state index contributed by atoms with van der Waals surface area (Å²) in [6.07, 6.45) is 6.51. The number of thiophene rings is 1. The van der Waals surface area contributed by atoms with Gasteiger partial charge >= 0.3 is 0 Å². The minimum absolute atomic E-state index is 0.0217. The Hall–Kier alpha value is -3.24. The summed E-state index contributed by atoms with van der Waals surface area (Å²) >= 11 is 1.44. The van der Waals surface area contributed by atoms with Crippen molar-refractivity contribution in [3.63, 3.8) is 0 Å². The molecule has 2 saturated heterocycles. The highest BCUT2D eigenvalue weighted by Gasteiger charge is 2.49. The van der Waals surface area contributed by atoms with Crippen molar-refractivity contribution in [2.45, 2.75) is 75.9 Å². The van der Waals surface area contributed by atoms with Crippen molar-refractivity contribution in [3.8, 4) is 11.9 Å². The average molecular weight is 621 g/mol. The minimum atomic E-state index is -0.785. The van der Waals surface area contributed by atoms with Gasteiger partial charge in [-0.25, -0.2) is 4.98 Å². The van der Waals surface area contributed by atoms with Crippen LogP contribution in [-0.2, 0) is 16.6 Å². The molecule has 44 heavy (non-hydrogen) atoms. The number of anilines is 2. The van der Waals surface area contributed by atoms with Crippen molar-refractivity contribution in [2.75, 3.05) is 63.6 Å². The zero-order chi connectivity index (χ0) is 31.0. The third-order valence-corrected chi connectivity index (χ3v) is 11.2. The zero-order valence-corrected chi connectivity index (χ0v) is 26.7. The molecule has 0 amide bonds. The Balaban J connectivity index is 1.37. The number of aryl methyl sites for hydroxylation is 1. The number of allylic oxidation sites excluding steroid dienone is 1. The lowest BCUT2D eigenvalue weighted by molar-refractivity contribution is -0.122. The zero-order valence-electron chi connectivity index (χ0n) is 25.8. The second kappa shape index (κ2) is 12.6. The summed E-state index contributed by atoms with van der Waals surface area (Å²) < 4.78 is 6.48. The minimum Gasteiger partial charge on any atom is -0.473 e. The highest BCUT2D eigenvalue weighted by atomic mass is 32.1. The Labute approximate surface area is 263 Å². The summed E-state index contributed by atoms with van der Waals surface area (Å²) in [5.41, 5.74) is 14.5. The summed E-state index contributed by atoms with van der Waals surface area (Å²) in [6.45, 7) is 7.02. The molecule has 2 aromatic heterocycles. The van der Waals surface area contributed by atoms with Crippen molar-refractivity contribution in [2.24, 2.45) is 5.73 Å². The quantitative estimate of drug-likeness (QED) is 0.391. The van der Waals surface area contributed by atoms with Gasteiger partial charge in [-0.2, -0.15) is 10.2 Å². The number of likely N-dealkylation sites (N-methyl/N-ethyl adjacent to an activating group) is 1. The summed E-state index contributed by atoms with van der Waals surface area (Å²) in [5, 5.41) is 19.9. The number of likely N-dealkylation sites (tertiary alicyclic amines) is 1. The van der Waals surface area contributed by atoms with E-state index < -0.39 is 5.41 Å². The molecule has 11 nitrogen and oxygen atoms in total. The molecule has 1 spiro atoms. The number of piperazine rings is 1. The number of nitrogens with zero attached hydrogens (tertiary/aromatic N) is 6. The lowest BCUT2D eigenvalue weighted by atomic mass is 9.61. The van der Waals surface area contributed by atoms with Crippen molar-refractivity contribution in [1.82, 2.24) is 19.8 Å². The van der Waals surface area contributed by atoms with E-state index in [2.05, 4.69) is 34.7 Å². The number of rotatable bonds is 7. The number of Topliss-reactive ketones (excluding diaryl/α,β-unsaturated/α-hetero) is 1. The predicted octanol–water partition coefficient (Wildman–Crippen LogP) is 2.66. The van der Waals surface area contributed by atoms with Crippen LogP contribution in [0, 0.1) is 11.3 Å². The van der Waals surface area contributed by atoms with Crippen LogP contribution in [0.5, 0.6) is 5.88 Å². The monoisotopic (exact) mass is 620 g/mol. The number of carbonyl (C=O) groups is 1. The molecular weight excluding hydrogens is 576 g/mol. The number of fused-ring (bicyclic) bond motifs is 2. The number of ketones is 1. The van der Waals surface area contributed by atoms with E-state index in [0.29, 0.717) is 65.4 Å². The van der Waals surface area contributed by atoms with Crippen LogP contribution in [0.4, 0.5) is 10.8 Å². The van der Waals surface area contributed by atoms with E-state index >= 15 is 0 Å². The first-order chi connectivity index (χ1) is 21.3. The van der Waals surface area contributed by atoms with Crippen molar-refractivity contribution >= 4 is 33.6 Å². The maximum atomic E-state index is 14.5. The molecule has 1 saturated carbocycles. The second-order valence-corrected chi connectivity index (χ2v) is 13.9. The van der Waals surface area contributed by atoms with Crippen LogP contribution in [-0.4, -0.2) is 95.7 Å². The standard InChI is InChI=1S/C32H44N8O3S/c1-20(23-7-5-11-38(23)2)43-26-18-25(40-14-12-39(13-15-40)16-17-41)36-31(37-26)28(34)21-6-3-9-32(29(21)42)10-4-8-24-27(32)22(19-33)30(35)44-24/h18,20,23,41H,3-17,34-35H2,1-2H3/t20-,23-,32-/m0/s1. The van der Waals surface area contributed by atoms with Gasteiger partial charge in [-0.3, -0.25) is 14.6 Å². The number of aliphatic hydroxyl groups excluding tert-OH is 1. The summed E-state index contributed by atoms with van der Waals surface area (Å²) in [6, 6.07) is 4.48. The predicted molar refractivity (Wildman–Crippen MR) is 172 cm³/mol. The molecule has 3 fully saturated rings. The second-order valence-electron chi connectivity index (χ2n) is 12.7. The molecule has 6 rings (SSSR count). The molecule has 3 atom stereocenters. The number of hydrogen-bond donors (Lipinski definition) is 3. The van der Waals surface area contributed by atoms with Gasteiger partial charge in [0.05, 0.1) is 23.3 Å². The van der Waals surface area contributed by atoms with E-state index in [9.17, 15) is 15.2 Å². The Morgan fingerprint density at radius 3 is 2.64 bits per heavy atom. The van der Waals surface area contributed by atoms with Crippen molar-refractivity contribution in [3.05, 3.63) is 33.5 Å². The Bertz CT molecular complexity index is 1480. The Morgan fingerprint density at radius 1 is 1.20 bits per heavy atom. The number of aromatic nitrogens is 2. The first kappa shape index (κ1) is 30.8. The molecular formula is C32H44N8O3S. The van der Waals surface area contributed by atoms with Gasteiger partial charge in [-0.1, -0.05) is 0 Å². The number of nitriles is 1. The maximum Gasteiger partial charge on any atom is 0.219 e. The number of nitrogen functional groups attached to an aromatic ring is 1. The smallest absolute Gasteiger partial charge is 0.219 e. The SMILES string of the molecule is C[C@H](Oc1cc(N2CCN(CCO)CC2)nc(C(N)=C2CCC[C@@]3(CCCc4sc(N)c(C#N)c43)C2=O)n1)[C@@H]1CCCN1C. The van der Waals surface area contributed by atoms with Gasteiger partial charge in [0.2, 0.25) is 5.88 Å². The van der Waals surface area contributed by atoms with Crippen molar-refractivity contribution < 1.29 is 14.6 Å². The van der Waals surface area contributed by atoms with Gasteiger partial charge in [0.15, 0.2) is 11.6 Å². The molecule has 4 heterocycles. The molecule has 0 bridgehead atoms. The number of aliphatic hydroxyl groups is 1. The van der Waals surface area contributed by atoms with Crippen LogP contribution in [0.25, 0.3) is 5.70 Å². The fourth-order valence-corrected chi connectivity index (χ4v) is 8.98. The van der Waals surface area contributed by atoms with Gasteiger partial charge in [0, 0.05) is 55.3 Å². The van der Waals surface area contributed by atoms with Gasteiger partial charge in [0.1, 0.15) is 23.0 Å². The van der Waals surface area contributed by atoms with E-state index in [1.165, 1.54) is 11.3 Å². The fraction of sp³-hybridized carbons (Fsp3) is 0.625. The van der Waals surface area contributed by atoms with Crippen molar-refractivity contribution in [1.29, 1.82) is 5.26 Å². The van der Waals surface area contributed by atoms with Gasteiger partial charge in [-0.15, -0.1) is 11.3 Å². The lowest BCUT2D eigenvalue weighted by Gasteiger charge is -2.40. The fourth-order valence-electron chi connectivity index (χ4n) is 7.81. The summed E-state index contributed by atoms with van der Waals surface area (Å²) in [4.78, 5) is 32.0. The largest absolute Gasteiger partial charge is 0.473 e. The van der Waals surface area contributed by atoms with Crippen LogP contribution in [0.3, 0.4) is 0 Å². The van der Waals surface area contributed by atoms with Crippen LogP contribution in [0.2, 0.25) is 0 Å². The molecule has 236 valence electrons. The average Bonchev–Trinajstić information content (AvgIpc) is 3.61. The van der Waals surface area contributed by atoms with Crippen LogP contribution >= 0.6 is 11.3 Å². The number of ether oxygens (including phenoxy) is 1. The topological polar surface area (TPSA) is 158 Å². The van der Waals surface area contributed by atoms with Crippen LogP contribution < -0.4 is 21.1 Å². The molecule has 5 N–H and O–H groups in total. The summed E-state index contributed by atoms with van der Waals surface area (Å²) in [7, 11) is 2.13. The molecule has 0 unspecified atom stereocenters. The molecule has 2 aliphatic heterocycles. The Morgan fingerprint density at radius 2 is 1.95 bits per heavy atom. The van der Waals surface area contributed by atoms with Gasteiger partial charge in [0.25, 0.3) is 0 Å². The third-order valence-electron chi connectivity index (χ3n) is 10.1. The van der Waals surface area contributed by atoms with Crippen LogP contribution in [0.1, 0.15) is 73.7 Å². The first-order valence-electron chi connectivity index (χ1n) is 16.0. The molecule has 12 heteroatoms. The highest BCUT2D eigenvalue weighted by molar-refractivity contribution is 7.16.